The first-order chi connectivity index (χ1) is 9.88. The largest absolute Gasteiger partial charge is 0.483 e. The molecule has 0 heterocycles. The van der Waals surface area contributed by atoms with Crippen LogP contribution in [0.1, 0.15) is 11.1 Å². The highest BCUT2D eigenvalue weighted by atomic mass is 19.4. The summed E-state index contributed by atoms with van der Waals surface area (Å²) < 4.78 is 48.2. The quantitative estimate of drug-likeness (QED) is 0.746. The van der Waals surface area contributed by atoms with E-state index in [-0.39, 0.29) is 12.1 Å². The van der Waals surface area contributed by atoms with Crippen molar-refractivity contribution >= 4 is 5.91 Å². The molecule has 0 aliphatic heterocycles. The average Bonchev–Trinajstić information content (AvgIpc) is 2.44. The van der Waals surface area contributed by atoms with Crippen LogP contribution in [-0.2, 0) is 22.3 Å². The van der Waals surface area contributed by atoms with Crippen LogP contribution in [0.2, 0.25) is 0 Å². The highest BCUT2D eigenvalue weighted by Crippen LogP contribution is 2.36. The molecule has 118 valence electrons. The van der Waals surface area contributed by atoms with Crippen LogP contribution in [0.15, 0.2) is 18.2 Å². The monoisotopic (exact) mass is 307 g/mol. The Balaban J connectivity index is 2.72. The molecule has 0 unspecified atom stereocenters. The van der Waals surface area contributed by atoms with Gasteiger partial charge >= 0.3 is 6.18 Å². The van der Waals surface area contributed by atoms with Crippen molar-refractivity contribution in [1.29, 1.82) is 0 Å². The van der Waals surface area contributed by atoms with Crippen LogP contribution in [0, 0.1) is 0 Å². The Hall–Kier alpha value is -1.80. The fraction of sp³-hybridized carbons (Fsp3) is 0.462. The van der Waals surface area contributed by atoms with E-state index < -0.39 is 36.6 Å². The van der Waals surface area contributed by atoms with Gasteiger partial charge in [0.15, 0.2) is 6.61 Å². The van der Waals surface area contributed by atoms with Crippen LogP contribution in [0.3, 0.4) is 0 Å². The summed E-state index contributed by atoms with van der Waals surface area (Å²) in [5.41, 5.74) is -0.919. The molecule has 8 heteroatoms. The fourth-order valence-electron chi connectivity index (χ4n) is 1.51. The second kappa shape index (κ2) is 7.84. The Morgan fingerprint density at radius 3 is 2.67 bits per heavy atom. The van der Waals surface area contributed by atoms with Crippen molar-refractivity contribution in [2.75, 3.05) is 26.9 Å². The number of benzene rings is 1. The molecule has 2 N–H and O–H groups in total. The van der Waals surface area contributed by atoms with E-state index in [0.717, 1.165) is 12.1 Å². The van der Waals surface area contributed by atoms with E-state index >= 15 is 0 Å². The Morgan fingerprint density at radius 1 is 1.38 bits per heavy atom. The lowest BCUT2D eigenvalue weighted by molar-refractivity contribution is -0.139. The van der Waals surface area contributed by atoms with Crippen molar-refractivity contribution in [3.05, 3.63) is 29.3 Å². The van der Waals surface area contributed by atoms with E-state index in [1.807, 2.05) is 0 Å². The molecular formula is C13H16F3NO4. The van der Waals surface area contributed by atoms with Gasteiger partial charge in [-0.3, -0.25) is 4.79 Å². The number of amides is 1. The summed E-state index contributed by atoms with van der Waals surface area (Å²) >= 11 is 0. The summed E-state index contributed by atoms with van der Waals surface area (Å²) in [7, 11) is 1.46. The van der Waals surface area contributed by atoms with Gasteiger partial charge in [-0.05, 0) is 17.7 Å². The lowest BCUT2D eigenvalue weighted by Gasteiger charge is -2.15. The minimum atomic E-state index is -4.63. The third-order valence-electron chi connectivity index (χ3n) is 2.52. The number of ether oxygens (including phenoxy) is 2. The molecule has 0 fully saturated rings. The topological polar surface area (TPSA) is 67.8 Å². The Kier molecular flexibility index (Phi) is 6.44. The van der Waals surface area contributed by atoms with Crippen molar-refractivity contribution < 1.29 is 32.5 Å². The van der Waals surface area contributed by atoms with Gasteiger partial charge in [-0.1, -0.05) is 6.07 Å². The molecule has 0 saturated carbocycles. The first-order valence-corrected chi connectivity index (χ1v) is 6.08. The third-order valence-corrected chi connectivity index (χ3v) is 2.52. The molecule has 1 aromatic carbocycles. The maximum Gasteiger partial charge on any atom is 0.419 e. The van der Waals surface area contributed by atoms with Gasteiger partial charge in [-0.25, -0.2) is 0 Å². The van der Waals surface area contributed by atoms with Gasteiger partial charge < -0.3 is 19.9 Å². The normalized spacial score (nSPS) is 11.3. The fourth-order valence-corrected chi connectivity index (χ4v) is 1.51. The molecule has 0 aliphatic rings. The number of hydrogen-bond donors (Lipinski definition) is 2. The number of halogens is 3. The highest BCUT2D eigenvalue weighted by molar-refractivity contribution is 5.77. The van der Waals surface area contributed by atoms with Crippen molar-refractivity contribution in [2.24, 2.45) is 0 Å². The first kappa shape index (κ1) is 17.3. The van der Waals surface area contributed by atoms with Crippen LogP contribution in [0.25, 0.3) is 0 Å². The van der Waals surface area contributed by atoms with E-state index in [9.17, 15) is 18.0 Å². The van der Waals surface area contributed by atoms with Gasteiger partial charge in [0.25, 0.3) is 5.91 Å². The number of hydrogen-bond acceptors (Lipinski definition) is 4. The predicted molar refractivity (Wildman–Crippen MR) is 67.7 cm³/mol. The number of carbonyl (C=O) groups excluding carboxylic acids is 1. The molecule has 0 aromatic heterocycles. The minimum Gasteiger partial charge on any atom is -0.483 e. The summed E-state index contributed by atoms with van der Waals surface area (Å²) in [6, 6.07) is 3.17. The summed E-state index contributed by atoms with van der Waals surface area (Å²) in [6.45, 7) is -0.509. The summed E-state index contributed by atoms with van der Waals surface area (Å²) in [6.07, 6.45) is -4.63. The zero-order chi connectivity index (χ0) is 15.9. The first-order valence-electron chi connectivity index (χ1n) is 6.08. The van der Waals surface area contributed by atoms with Gasteiger partial charge in [0, 0.05) is 13.7 Å². The van der Waals surface area contributed by atoms with Crippen LogP contribution in [0.5, 0.6) is 5.75 Å². The second-order valence-electron chi connectivity index (χ2n) is 4.12. The van der Waals surface area contributed by atoms with E-state index in [1.165, 1.54) is 13.2 Å². The molecule has 0 atom stereocenters. The molecule has 0 bridgehead atoms. The SMILES string of the molecule is COCCNC(=O)COc1ccc(CO)cc1C(F)(F)F. The lowest BCUT2D eigenvalue weighted by Crippen LogP contribution is -2.31. The molecule has 0 aliphatic carbocycles. The van der Waals surface area contributed by atoms with Crippen LogP contribution in [-0.4, -0.2) is 37.9 Å². The number of aliphatic hydroxyl groups is 1. The van der Waals surface area contributed by atoms with Crippen molar-refractivity contribution in [3.63, 3.8) is 0 Å². The maximum atomic E-state index is 12.9. The summed E-state index contributed by atoms with van der Waals surface area (Å²) in [5.74, 6) is -1.01. The van der Waals surface area contributed by atoms with Gasteiger partial charge in [0.05, 0.1) is 18.8 Å². The smallest absolute Gasteiger partial charge is 0.419 e. The standard InChI is InChI=1S/C13H16F3NO4/c1-20-5-4-17-12(19)8-21-11-3-2-9(7-18)6-10(11)13(14,15)16/h2-3,6,18H,4-5,7-8H2,1H3,(H,17,19). The molecule has 1 aromatic rings. The predicted octanol–water partition coefficient (Wildman–Crippen LogP) is 1.34. The zero-order valence-electron chi connectivity index (χ0n) is 11.4. The maximum absolute atomic E-state index is 12.9. The number of carbonyl (C=O) groups is 1. The number of alkyl halides is 3. The van der Waals surface area contributed by atoms with Gasteiger partial charge in [-0.15, -0.1) is 0 Å². The number of nitrogens with one attached hydrogen (secondary N) is 1. The van der Waals surface area contributed by atoms with Crippen molar-refractivity contribution in [1.82, 2.24) is 5.32 Å². The Labute approximate surface area is 119 Å². The summed E-state index contributed by atoms with van der Waals surface area (Å²) in [4.78, 5) is 11.4. The molecule has 1 amide bonds. The molecule has 21 heavy (non-hydrogen) atoms. The number of aliphatic hydroxyl groups excluding tert-OH is 1. The number of rotatable bonds is 7. The van der Waals surface area contributed by atoms with Crippen molar-refractivity contribution in [3.8, 4) is 5.75 Å². The van der Waals surface area contributed by atoms with Gasteiger partial charge in [0.2, 0.25) is 0 Å². The highest BCUT2D eigenvalue weighted by Gasteiger charge is 2.34. The molecule has 0 radical (unpaired) electrons. The number of methoxy groups -OCH3 is 1. The molecule has 0 spiro atoms. The van der Waals surface area contributed by atoms with Gasteiger partial charge in [-0.2, -0.15) is 13.2 Å². The van der Waals surface area contributed by atoms with Crippen molar-refractivity contribution in [2.45, 2.75) is 12.8 Å². The Morgan fingerprint density at radius 2 is 2.10 bits per heavy atom. The molecule has 5 nitrogen and oxygen atoms in total. The molecule has 1 rings (SSSR count). The lowest BCUT2D eigenvalue weighted by atomic mass is 10.1. The van der Waals surface area contributed by atoms with Crippen LogP contribution < -0.4 is 10.1 Å². The average molecular weight is 307 g/mol. The third kappa shape index (κ3) is 5.60. The van der Waals surface area contributed by atoms with Crippen LogP contribution >= 0.6 is 0 Å². The van der Waals surface area contributed by atoms with E-state index in [4.69, 9.17) is 14.6 Å². The van der Waals surface area contributed by atoms with Crippen LogP contribution in [0.4, 0.5) is 13.2 Å². The van der Waals surface area contributed by atoms with Gasteiger partial charge in [0.1, 0.15) is 5.75 Å². The molecule has 0 saturated heterocycles. The second-order valence-corrected chi connectivity index (χ2v) is 4.12. The van der Waals surface area contributed by atoms with E-state index in [0.29, 0.717) is 6.61 Å². The van der Waals surface area contributed by atoms with E-state index in [1.54, 1.807) is 0 Å². The zero-order valence-corrected chi connectivity index (χ0v) is 11.4. The summed E-state index contributed by atoms with van der Waals surface area (Å²) in [5, 5.41) is 11.3. The Bertz CT molecular complexity index is 477. The minimum absolute atomic E-state index is 0.110. The molecular weight excluding hydrogens is 291 g/mol. The van der Waals surface area contributed by atoms with E-state index in [2.05, 4.69) is 5.32 Å².